The number of hydrogen-bond acceptors (Lipinski definition) is 3. The maximum absolute atomic E-state index is 12.2. The zero-order chi connectivity index (χ0) is 18.6. The Hall–Kier alpha value is -2.79. The van der Waals surface area contributed by atoms with Crippen LogP contribution in [-0.4, -0.2) is 24.8 Å². The van der Waals surface area contributed by atoms with E-state index in [0.29, 0.717) is 18.9 Å². The predicted octanol–water partition coefficient (Wildman–Crippen LogP) is 4.84. The van der Waals surface area contributed by atoms with Crippen LogP contribution in [0.4, 0.5) is 16.2 Å². The van der Waals surface area contributed by atoms with Gasteiger partial charge in [-0.2, -0.15) is 0 Å². The fraction of sp³-hybridized carbons (Fsp3) is 0.286. The van der Waals surface area contributed by atoms with Gasteiger partial charge < -0.3 is 20.1 Å². The van der Waals surface area contributed by atoms with Gasteiger partial charge in [-0.15, -0.1) is 0 Å². The molecule has 0 saturated heterocycles. The summed E-state index contributed by atoms with van der Waals surface area (Å²) in [6, 6.07) is 13.0. The predicted molar refractivity (Wildman–Crippen MR) is 105 cm³/mol. The van der Waals surface area contributed by atoms with E-state index in [1.54, 1.807) is 0 Å². The van der Waals surface area contributed by atoms with Crippen LogP contribution < -0.4 is 15.4 Å². The molecule has 0 bridgehead atoms. The van der Waals surface area contributed by atoms with Gasteiger partial charge in [0.2, 0.25) is 0 Å². The molecule has 0 aliphatic carbocycles. The van der Waals surface area contributed by atoms with Crippen molar-refractivity contribution in [3.63, 3.8) is 0 Å². The van der Waals surface area contributed by atoms with Gasteiger partial charge in [0, 0.05) is 23.5 Å². The van der Waals surface area contributed by atoms with Gasteiger partial charge in [0.1, 0.15) is 11.4 Å². The Balaban J connectivity index is 1.65. The molecule has 1 unspecified atom stereocenters. The zero-order valence-electron chi connectivity index (χ0n) is 15.3. The van der Waals surface area contributed by atoms with Crippen LogP contribution in [0.2, 0.25) is 0 Å². The largest absolute Gasteiger partial charge is 0.480 e. The minimum atomic E-state index is -0.471. The van der Waals surface area contributed by atoms with Crippen molar-refractivity contribution in [2.24, 2.45) is 0 Å². The quantitative estimate of drug-likeness (QED) is 0.809. The SMILES string of the molecule is CCOCC1(C)C=Cc2cc(NC(=O)Nc3ccc(C)cc3)ccc2O1. The maximum atomic E-state index is 12.2. The van der Waals surface area contributed by atoms with E-state index in [9.17, 15) is 4.79 Å². The lowest BCUT2D eigenvalue weighted by atomic mass is 10.0. The molecule has 2 amide bonds. The molecule has 0 spiro atoms. The smallest absolute Gasteiger partial charge is 0.323 e. The third-order valence-electron chi connectivity index (χ3n) is 4.13. The fourth-order valence-electron chi connectivity index (χ4n) is 2.71. The first-order chi connectivity index (χ1) is 12.5. The monoisotopic (exact) mass is 352 g/mol. The Morgan fingerprint density at radius 2 is 1.81 bits per heavy atom. The molecular formula is C21H24N2O3. The summed E-state index contributed by atoms with van der Waals surface area (Å²) in [5.74, 6) is 0.777. The van der Waals surface area contributed by atoms with E-state index in [1.807, 2.05) is 75.4 Å². The van der Waals surface area contributed by atoms with Crippen molar-refractivity contribution in [2.45, 2.75) is 26.4 Å². The first-order valence-electron chi connectivity index (χ1n) is 8.72. The van der Waals surface area contributed by atoms with E-state index in [-0.39, 0.29) is 6.03 Å². The Bertz CT molecular complexity index is 815. The normalized spacial score (nSPS) is 18.0. The van der Waals surface area contributed by atoms with Crippen LogP contribution in [0.5, 0.6) is 5.75 Å². The number of nitrogens with one attached hydrogen (secondary N) is 2. The van der Waals surface area contributed by atoms with E-state index < -0.39 is 5.60 Å². The van der Waals surface area contributed by atoms with Gasteiger partial charge in [-0.1, -0.05) is 23.8 Å². The number of carbonyl (C=O) groups is 1. The van der Waals surface area contributed by atoms with Gasteiger partial charge >= 0.3 is 6.03 Å². The summed E-state index contributed by atoms with van der Waals surface area (Å²) in [5, 5.41) is 5.66. The Morgan fingerprint density at radius 3 is 2.54 bits per heavy atom. The van der Waals surface area contributed by atoms with Crippen molar-refractivity contribution in [3.05, 3.63) is 59.7 Å². The van der Waals surface area contributed by atoms with Crippen molar-refractivity contribution < 1.29 is 14.3 Å². The van der Waals surface area contributed by atoms with Crippen molar-refractivity contribution in [1.82, 2.24) is 0 Å². The van der Waals surface area contributed by atoms with Crippen molar-refractivity contribution in [2.75, 3.05) is 23.8 Å². The van der Waals surface area contributed by atoms with Gasteiger partial charge in [-0.25, -0.2) is 4.79 Å². The van der Waals surface area contributed by atoms with E-state index in [2.05, 4.69) is 10.6 Å². The van der Waals surface area contributed by atoms with Gasteiger partial charge in [0.15, 0.2) is 0 Å². The summed E-state index contributed by atoms with van der Waals surface area (Å²) >= 11 is 0. The number of rotatable bonds is 5. The topological polar surface area (TPSA) is 59.6 Å². The molecule has 1 aliphatic rings. The highest BCUT2D eigenvalue weighted by Gasteiger charge is 2.27. The van der Waals surface area contributed by atoms with Crippen LogP contribution in [0.25, 0.3) is 6.08 Å². The molecule has 1 heterocycles. The summed E-state index contributed by atoms with van der Waals surface area (Å²) in [7, 11) is 0. The molecule has 1 atom stereocenters. The molecule has 2 aromatic rings. The molecule has 0 radical (unpaired) electrons. The highest BCUT2D eigenvalue weighted by Crippen LogP contribution is 2.33. The van der Waals surface area contributed by atoms with Gasteiger partial charge in [-0.05, 0) is 57.2 Å². The van der Waals surface area contributed by atoms with Crippen LogP contribution in [0.15, 0.2) is 48.5 Å². The molecule has 0 saturated carbocycles. The number of carbonyl (C=O) groups excluding carboxylic acids is 1. The molecule has 3 rings (SSSR count). The lowest BCUT2D eigenvalue weighted by molar-refractivity contribution is 0.0188. The molecule has 136 valence electrons. The molecule has 2 N–H and O–H groups in total. The molecule has 0 aromatic heterocycles. The van der Waals surface area contributed by atoms with Gasteiger partial charge in [0.05, 0.1) is 6.61 Å². The third-order valence-corrected chi connectivity index (χ3v) is 4.13. The van der Waals surface area contributed by atoms with E-state index >= 15 is 0 Å². The number of amides is 2. The Kier molecular flexibility index (Phi) is 5.28. The van der Waals surface area contributed by atoms with Crippen LogP contribution in [-0.2, 0) is 4.74 Å². The zero-order valence-corrected chi connectivity index (χ0v) is 15.3. The summed E-state index contributed by atoms with van der Waals surface area (Å²) in [5.41, 5.74) is 3.05. The van der Waals surface area contributed by atoms with Crippen molar-refractivity contribution in [1.29, 1.82) is 0 Å². The summed E-state index contributed by atoms with van der Waals surface area (Å²) in [6.45, 7) is 7.11. The number of urea groups is 1. The minimum Gasteiger partial charge on any atom is -0.480 e. The number of fused-ring (bicyclic) bond motifs is 1. The highest BCUT2D eigenvalue weighted by molar-refractivity contribution is 6.00. The van der Waals surface area contributed by atoms with Gasteiger partial charge in [-0.3, -0.25) is 0 Å². The molecule has 2 aromatic carbocycles. The first-order valence-corrected chi connectivity index (χ1v) is 8.72. The lowest BCUT2D eigenvalue weighted by Gasteiger charge is -2.31. The van der Waals surface area contributed by atoms with Crippen molar-refractivity contribution >= 4 is 23.5 Å². The second-order valence-electron chi connectivity index (χ2n) is 6.58. The molecule has 5 heteroatoms. The second kappa shape index (κ2) is 7.62. The van der Waals surface area contributed by atoms with E-state index in [1.165, 1.54) is 0 Å². The number of hydrogen-bond donors (Lipinski definition) is 2. The minimum absolute atomic E-state index is 0.282. The van der Waals surface area contributed by atoms with Crippen LogP contribution in [0.3, 0.4) is 0 Å². The number of anilines is 2. The van der Waals surface area contributed by atoms with Gasteiger partial charge in [0.25, 0.3) is 0 Å². The average Bonchev–Trinajstić information content (AvgIpc) is 2.62. The highest BCUT2D eigenvalue weighted by atomic mass is 16.5. The standard InChI is InChI=1S/C21H24N2O3/c1-4-25-14-21(3)12-11-16-13-18(9-10-19(16)26-21)23-20(24)22-17-7-5-15(2)6-8-17/h5-13H,4,14H2,1-3H3,(H2,22,23,24). The number of benzene rings is 2. The molecule has 5 nitrogen and oxygen atoms in total. The lowest BCUT2D eigenvalue weighted by Crippen LogP contribution is -2.37. The molecule has 0 fully saturated rings. The second-order valence-corrected chi connectivity index (χ2v) is 6.58. The van der Waals surface area contributed by atoms with Crippen LogP contribution in [0.1, 0.15) is 25.0 Å². The van der Waals surface area contributed by atoms with E-state index in [4.69, 9.17) is 9.47 Å². The molecule has 1 aliphatic heterocycles. The van der Waals surface area contributed by atoms with Crippen molar-refractivity contribution in [3.8, 4) is 5.75 Å². The van der Waals surface area contributed by atoms with Crippen LogP contribution in [0, 0.1) is 6.92 Å². The molecular weight excluding hydrogens is 328 g/mol. The number of ether oxygens (including phenoxy) is 2. The third kappa shape index (κ3) is 4.43. The summed E-state index contributed by atoms with van der Waals surface area (Å²) in [4.78, 5) is 12.2. The Labute approximate surface area is 154 Å². The maximum Gasteiger partial charge on any atom is 0.323 e. The Morgan fingerprint density at radius 1 is 1.12 bits per heavy atom. The number of aryl methyl sites for hydroxylation is 1. The fourth-order valence-corrected chi connectivity index (χ4v) is 2.71. The summed E-state index contributed by atoms with van der Waals surface area (Å²) < 4.78 is 11.5. The first kappa shape index (κ1) is 18.0. The van der Waals surface area contributed by atoms with E-state index in [0.717, 1.165) is 22.6 Å². The average molecular weight is 352 g/mol. The van der Waals surface area contributed by atoms with Crippen LogP contribution >= 0.6 is 0 Å². The molecule has 26 heavy (non-hydrogen) atoms. The summed E-state index contributed by atoms with van der Waals surface area (Å²) in [6.07, 6.45) is 3.99.